The first kappa shape index (κ1) is 17.1. The van der Waals surface area contributed by atoms with E-state index in [1.165, 1.54) is 16.8 Å². The molecule has 3 heterocycles. The van der Waals surface area contributed by atoms with Crippen LogP contribution in [0.15, 0.2) is 84.2 Å². The molecular formula is C23H20N4S. The van der Waals surface area contributed by atoms with Crippen molar-refractivity contribution in [2.75, 3.05) is 4.90 Å². The van der Waals surface area contributed by atoms with Gasteiger partial charge in [-0.25, -0.2) is 4.98 Å². The Morgan fingerprint density at radius 2 is 1.96 bits per heavy atom. The molecule has 0 fully saturated rings. The molecule has 1 unspecified atom stereocenters. The van der Waals surface area contributed by atoms with Crippen molar-refractivity contribution < 1.29 is 0 Å². The molecule has 0 amide bonds. The van der Waals surface area contributed by atoms with Gasteiger partial charge in [0.15, 0.2) is 0 Å². The standard InChI is InChI=1S/C23H20N4S/c1-16-15-28-23(18-8-5-11-24-14-18)27(16)19-9-10-20-21(13-19)26-22(25-20)12-17-6-3-2-4-7-17/h2-11,13-15,23H,12H2,1H3,(H,25,26). The smallest absolute Gasteiger partial charge is 0.111 e. The molecule has 1 atom stereocenters. The molecule has 5 heteroatoms. The molecule has 138 valence electrons. The van der Waals surface area contributed by atoms with Gasteiger partial charge in [-0.15, -0.1) is 11.8 Å². The number of H-pyrrole nitrogens is 1. The van der Waals surface area contributed by atoms with Gasteiger partial charge in [0.1, 0.15) is 11.2 Å². The summed E-state index contributed by atoms with van der Waals surface area (Å²) >= 11 is 1.82. The number of pyridine rings is 1. The number of hydrogen-bond donors (Lipinski definition) is 1. The summed E-state index contributed by atoms with van der Waals surface area (Å²) in [5.41, 5.74) is 6.93. The highest BCUT2D eigenvalue weighted by atomic mass is 32.2. The second kappa shape index (κ2) is 7.17. The molecule has 0 bridgehead atoms. The molecule has 1 aliphatic heterocycles. The normalized spacial score (nSPS) is 16.5. The molecule has 2 aromatic carbocycles. The highest BCUT2D eigenvalue weighted by Crippen LogP contribution is 2.45. The average molecular weight is 385 g/mol. The number of fused-ring (bicyclic) bond motifs is 1. The van der Waals surface area contributed by atoms with Gasteiger partial charge in [-0.3, -0.25) is 4.98 Å². The first-order valence-electron chi connectivity index (χ1n) is 9.32. The molecule has 1 N–H and O–H groups in total. The lowest BCUT2D eigenvalue weighted by atomic mass is 10.1. The molecular weight excluding hydrogens is 364 g/mol. The fraction of sp³-hybridized carbons (Fsp3) is 0.130. The van der Waals surface area contributed by atoms with Crippen molar-refractivity contribution in [2.45, 2.75) is 18.7 Å². The highest BCUT2D eigenvalue weighted by Gasteiger charge is 2.27. The van der Waals surface area contributed by atoms with Gasteiger partial charge in [0.05, 0.1) is 11.0 Å². The van der Waals surface area contributed by atoms with Crippen molar-refractivity contribution in [3.05, 3.63) is 101 Å². The maximum absolute atomic E-state index is 4.77. The van der Waals surface area contributed by atoms with Crippen LogP contribution in [0.4, 0.5) is 5.69 Å². The van der Waals surface area contributed by atoms with Crippen LogP contribution in [0.25, 0.3) is 11.0 Å². The molecule has 4 nitrogen and oxygen atoms in total. The van der Waals surface area contributed by atoms with Gasteiger partial charge in [-0.1, -0.05) is 36.4 Å². The van der Waals surface area contributed by atoms with Crippen molar-refractivity contribution in [2.24, 2.45) is 0 Å². The number of allylic oxidation sites excluding steroid dienone is 1. The van der Waals surface area contributed by atoms with E-state index in [0.29, 0.717) is 0 Å². The zero-order valence-electron chi connectivity index (χ0n) is 15.5. The number of imidazole rings is 1. The molecule has 4 aromatic rings. The van der Waals surface area contributed by atoms with Crippen molar-refractivity contribution in [3.8, 4) is 0 Å². The van der Waals surface area contributed by atoms with Gasteiger partial charge < -0.3 is 9.88 Å². The molecule has 5 rings (SSSR count). The number of nitrogens with zero attached hydrogens (tertiary/aromatic N) is 3. The monoisotopic (exact) mass is 384 g/mol. The third kappa shape index (κ3) is 3.18. The minimum Gasteiger partial charge on any atom is -0.342 e. The Labute approximate surface area is 168 Å². The van der Waals surface area contributed by atoms with E-state index in [0.717, 1.165) is 29.0 Å². The molecule has 1 aliphatic rings. The van der Waals surface area contributed by atoms with Gasteiger partial charge >= 0.3 is 0 Å². The van der Waals surface area contributed by atoms with Gasteiger partial charge in [0.2, 0.25) is 0 Å². The minimum atomic E-state index is 0.206. The van der Waals surface area contributed by atoms with Crippen LogP contribution < -0.4 is 4.90 Å². The largest absolute Gasteiger partial charge is 0.342 e. The fourth-order valence-electron chi connectivity index (χ4n) is 3.63. The summed E-state index contributed by atoms with van der Waals surface area (Å²) in [4.78, 5) is 14.9. The molecule has 28 heavy (non-hydrogen) atoms. The van der Waals surface area contributed by atoms with Crippen LogP contribution in [-0.4, -0.2) is 15.0 Å². The SMILES string of the molecule is CC1=CSC(c2cccnc2)N1c1ccc2nc(Cc3ccccc3)[nH]c2c1. The first-order chi connectivity index (χ1) is 13.8. The van der Waals surface area contributed by atoms with Crippen molar-refractivity contribution in [3.63, 3.8) is 0 Å². The van der Waals surface area contributed by atoms with Gasteiger partial charge in [0, 0.05) is 35.8 Å². The average Bonchev–Trinajstić information content (AvgIpc) is 3.31. The first-order valence-corrected chi connectivity index (χ1v) is 10.3. The van der Waals surface area contributed by atoms with Crippen LogP contribution in [0.3, 0.4) is 0 Å². The Hall–Kier alpha value is -3.05. The van der Waals surface area contributed by atoms with Crippen molar-refractivity contribution in [1.82, 2.24) is 15.0 Å². The Morgan fingerprint density at radius 3 is 2.79 bits per heavy atom. The highest BCUT2D eigenvalue weighted by molar-refractivity contribution is 8.02. The van der Waals surface area contributed by atoms with E-state index in [4.69, 9.17) is 4.98 Å². The molecule has 0 saturated heterocycles. The molecule has 0 aliphatic carbocycles. The predicted octanol–water partition coefficient (Wildman–Crippen LogP) is 5.66. The lowest BCUT2D eigenvalue weighted by Crippen LogP contribution is -2.20. The van der Waals surface area contributed by atoms with Crippen LogP contribution in [0, 0.1) is 0 Å². The summed E-state index contributed by atoms with van der Waals surface area (Å²) in [7, 11) is 0. The number of thioether (sulfide) groups is 1. The van der Waals surface area contributed by atoms with Gasteiger partial charge in [-0.05, 0) is 42.2 Å². The van der Waals surface area contributed by atoms with Crippen LogP contribution in [0.5, 0.6) is 0 Å². The summed E-state index contributed by atoms with van der Waals surface area (Å²) in [6.07, 6.45) is 4.57. The topological polar surface area (TPSA) is 44.8 Å². The Bertz CT molecular complexity index is 1140. The van der Waals surface area contributed by atoms with Crippen LogP contribution in [-0.2, 0) is 6.42 Å². The van der Waals surface area contributed by atoms with E-state index in [1.54, 1.807) is 0 Å². The van der Waals surface area contributed by atoms with Gasteiger partial charge in [-0.2, -0.15) is 0 Å². The maximum atomic E-state index is 4.77. The second-order valence-electron chi connectivity index (χ2n) is 6.95. The lowest BCUT2D eigenvalue weighted by molar-refractivity contribution is 0.904. The summed E-state index contributed by atoms with van der Waals surface area (Å²) in [5, 5.41) is 2.42. The maximum Gasteiger partial charge on any atom is 0.111 e. The third-order valence-corrected chi connectivity index (χ3v) is 6.18. The Balaban J connectivity index is 1.48. The van der Waals surface area contributed by atoms with E-state index >= 15 is 0 Å². The second-order valence-corrected chi connectivity index (χ2v) is 7.91. The molecule has 2 aromatic heterocycles. The summed E-state index contributed by atoms with van der Waals surface area (Å²) in [6, 6.07) is 21.0. The lowest BCUT2D eigenvalue weighted by Gasteiger charge is -2.28. The van der Waals surface area contributed by atoms with Crippen LogP contribution >= 0.6 is 11.8 Å². The fourth-order valence-corrected chi connectivity index (χ4v) is 4.77. The molecule has 0 radical (unpaired) electrons. The zero-order chi connectivity index (χ0) is 18.9. The quantitative estimate of drug-likeness (QED) is 0.493. The van der Waals surface area contributed by atoms with Gasteiger partial charge in [0.25, 0.3) is 0 Å². The minimum absolute atomic E-state index is 0.206. The van der Waals surface area contributed by atoms with E-state index in [-0.39, 0.29) is 5.37 Å². The molecule has 0 spiro atoms. The zero-order valence-corrected chi connectivity index (χ0v) is 16.4. The summed E-state index contributed by atoms with van der Waals surface area (Å²) in [5.74, 6) is 0.991. The number of hydrogen-bond acceptors (Lipinski definition) is 4. The number of anilines is 1. The predicted molar refractivity (Wildman–Crippen MR) is 116 cm³/mol. The Kier molecular flexibility index (Phi) is 4.37. The van der Waals surface area contributed by atoms with E-state index in [1.807, 2.05) is 36.3 Å². The number of aromatic amines is 1. The van der Waals surface area contributed by atoms with Crippen LogP contribution in [0.1, 0.15) is 29.2 Å². The third-order valence-electron chi connectivity index (χ3n) is 4.96. The van der Waals surface area contributed by atoms with E-state index < -0.39 is 0 Å². The van der Waals surface area contributed by atoms with E-state index in [9.17, 15) is 0 Å². The van der Waals surface area contributed by atoms with Crippen LogP contribution in [0.2, 0.25) is 0 Å². The summed E-state index contributed by atoms with van der Waals surface area (Å²) in [6.45, 7) is 2.15. The van der Waals surface area contributed by atoms with Crippen molar-refractivity contribution >= 4 is 28.5 Å². The summed E-state index contributed by atoms with van der Waals surface area (Å²) < 4.78 is 0. The number of benzene rings is 2. The number of rotatable bonds is 4. The van der Waals surface area contributed by atoms with E-state index in [2.05, 4.69) is 75.7 Å². The molecule has 0 saturated carbocycles. The number of nitrogens with one attached hydrogen (secondary N) is 1. The number of aromatic nitrogens is 3. The Morgan fingerprint density at radius 1 is 1.07 bits per heavy atom. The van der Waals surface area contributed by atoms with Crippen molar-refractivity contribution in [1.29, 1.82) is 0 Å².